The van der Waals surface area contributed by atoms with E-state index in [1.54, 1.807) is 6.20 Å². The van der Waals surface area contributed by atoms with Crippen molar-refractivity contribution in [1.29, 1.82) is 0 Å². The molecule has 4 nitrogen and oxygen atoms in total. The second-order valence-corrected chi connectivity index (χ2v) is 7.08. The van der Waals surface area contributed by atoms with Crippen LogP contribution < -0.4 is 5.32 Å². The Hall–Kier alpha value is -1.94. The average Bonchev–Trinajstić information content (AvgIpc) is 2.54. The van der Waals surface area contributed by atoms with Gasteiger partial charge in [0.05, 0.1) is 38.2 Å². The fourth-order valence-electron chi connectivity index (χ4n) is 4.04. The molecule has 4 heterocycles. The molecular weight excluding hydrogens is 274 g/mol. The fourth-order valence-corrected chi connectivity index (χ4v) is 4.04. The maximum Gasteiger partial charge on any atom is 0.251 e. The highest BCUT2D eigenvalue weighted by molar-refractivity contribution is 5.97. The molecule has 1 amide bonds. The van der Waals surface area contributed by atoms with E-state index in [2.05, 4.69) is 17.3 Å². The first-order valence-corrected chi connectivity index (χ1v) is 8.12. The minimum absolute atomic E-state index is 0.0397. The molecule has 3 fully saturated rings. The van der Waals surface area contributed by atoms with Crippen LogP contribution in [0, 0.1) is 5.92 Å². The fraction of sp³-hybridized carbons (Fsp3) is 0.444. The summed E-state index contributed by atoms with van der Waals surface area (Å²) < 4.78 is 1.11. The number of quaternary nitrogens is 1. The van der Waals surface area contributed by atoms with Crippen LogP contribution in [-0.4, -0.2) is 48.1 Å². The van der Waals surface area contributed by atoms with E-state index in [0.29, 0.717) is 17.5 Å². The summed E-state index contributed by atoms with van der Waals surface area (Å²) in [6, 6.07) is 10.0. The summed E-state index contributed by atoms with van der Waals surface area (Å²) in [5.41, 5.74) is 1.59. The maximum atomic E-state index is 12.6. The lowest BCUT2D eigenvalue weighted by Crippen LogP contribution is -2.65. The first kappa shape index (κ1) is 13.7. The Morgan fingerprint density at radius 3 is 2.86 bits per heavy atom. The molecule has 1 aromatic carbocycles. The van der Waals surface area contributed by atoms with Gasteiger partial charge in [-0.05, 0) is 24.1 Å². The highest BCUT2D eigenvalue weighted by Gasteiger charge is 2.43. The Labute approximate surface area is 130 Å². The maximum absolute atomic E-state index is 12.6. The molecule has 0 radical (unpaired) electrons. The first-order chi connectivity index (χ1) is 10.6. The lowest BCUT2D eigenvalue weighted by molar-refractivity contribution is -0.925. The third-order valence-electron chi connectivity index (χ3n) is 5.47. The standard InChI is InChI=1S/C18H21N3O/c1-21-9-6-14(7-10-21)17(12-21)20-18(22)15-5-4-13-3-2-8-19-16(13)11-15/h2-5,8,11,14,17H,6-7,9-10,12H2,1H3/p+1. The molecule has 5 rings (SSSR count). The van der Waals surface area contributed by atoms with Gasteiger partial charge >= 0.3 is 0 Å². The molecule has 0 spiro atoms. The van der Waals surface area contributed by atoms with Crippen LogP contribution in [0.3, 0.4) is 0 Å². The van der Waals surface area contributed by atoms with Gasteiger partial charge in [0.2, 0.25) is 0 Å². The Morgan fingerprint density at radius 2 is 2.09 bits per heavy atom. The third-order valence-corrected chi connectivity index (χ3v) is 5.47. The lowest BCUT2D eigenvalue weighted by atomic mass is 9.82. The predicted molar refractivity (Wildman–Crippen MR) is 86.5 cm³/mol. The van der Waals surface area contributed by atoms with Gasteiger partial charge < -0.3 is 9.80 Å². The summed E-state index contributed by atoms with van der Waals surface area (Å²) in [6.45, 7) is 3.59. The monoisotopic (exact) mass is 296 g/mol. The number of aromatic nitrogens is 1. The molecule has 3 saturated heterocycles. The summed E-state index contributed by atoms with van der Waals surface area (Å²) in [4.78, 5) is 16.9. The van der Waals surface area contributed by atoms with Crippen LogP contribution in [0.1, 0.15) is 23.2 Å². The van der Waals surface area contributed by atoms with Crippen molar-refractivity contribution >= 4 is 16.8 Å². The summed E-state index contributed by atoms with van der Waals surface area (Å²) in [7, 11) is 2.31. The van der Waals surface area contributed by atoms with Gasteiger partial charge in [-0.3, -0.25) is 9.78 Å². The normalized spacial score (nSPS) is 30.4. The van der Waals surface area contributed by atoms with Crippen molar-refractivity contribution in [1.82, 2.24) is 10.3 Å². The van der Waals surface area contributed by atoms with Crippen LogP contribution in [-0.2, 0) is 0 Å². The second kappa shape index (κ2) is 5.06. The van der Waals surface area contributed by atoms with Crippen LogP contribution in [0.2, 0.25) is 0 Å². The number of nitrogens with zero attached hydrogens (tertiary/aromatic N) is 2. The van der Waals surface area contributed by atoms with Crippen molar-refractivity contribution in [3.05, 3.63) is 42.1 Å². The molecule has 2 aromatic rings. The van der Waals surface area contributed by atoms with Gasteiger partial charge in [-0.1, -0.05) is 12.1 Å². The zero-order chi connectivity index (χ0) is 15.2. The SMILES string of the molecule is C[N+]12CCC(CC1)C(NC(=O)c1ccc3cccnc3c1)C2. The molecule has 1 aromatic heterocycles. The summed E-state index contributed by atoms with van der Waals surface area (Å²) in [6.07, 6.45) is 4.24. The van der Waals surface area contributed by atoms with Crippen molar-refractivity contribution in [2.24, 2.45) is 5.92 Å². The number of hydrogen-bond acceptors (Lipinski definition) is 2. The van der Waals surface area contributed by atoms with Gasteiger partial charge in [-0.15, -0.1) is 0 Å². The molecular formula is C18H22N3O+. The number of benzene rings is 1. The highest BCUT2D eigenvalue weighted by Crippen LogP contribution is 2.32. The first-order valence-electron chi connectivity index (χ1n) is 8.12. The third kappa shape index (κ3) is 2.37. The largest absolute Gasteiger partial charge is 0.343 e. The number of hydrogen-bond donors (Lipinski definition) is 1. The van der Waals surface area contributed by atoms with Crippen molar-refractivity contribution in [3.8, 4) is 0 Å². The number of nitrogens with one attached hydrogen (secondary N) is 1. The number of rotatable bonds is 2. The molecule has 4 heteroatoms. The highest BCUT2D eigenvalue weighted by atomic mass is 16.1. The Balaban J connectivity index is 1.54. The van der Waals surface area contributed by atoms with Crippen LogP contribution >= 0.6 is 0 Å². The molecule has 0 saturated carbocycles. The van der Waals surface area contributed by atoms with Crippen molar-refractivity contribution in [3.63, 3.8) is 0 Å². The Bertz CT molecular complexity index is 719. The molecule has 3 aliphatic rings. The van der Waals surface area contributed by atoms with Crippen molar-refractivity contribution < 1.29 is 9.28 Å². The van der Waals surface area contributed by atoms with E-state index in [1.165, 1.54) is 25.9 Å². The van der Waals surface area contributed by atoms with Gasteiger partial charge in [0, 0.05) is 30.0 Å². The molecule has 114 valence electrons. The Kier molecular flexibility index (Phi) is 3.15. The van der Waals surface area contributed by atoms with Crippen LogP contribution in [0.5, 0.6) is 0 Å². The summed E-state index contributed by atoms with van der Waals surface area (Å²) in [5, 5.41) is 4.34. The van der Waals surface area contributed by atoms with Gasteiger partial charge in [0.1, 0.15) is 0 Å². The van der Waals surface area contributed by atoms with Crippen LogP contribution in [0.25, 0.3) is 10.9 Å². The zero-order valence-corrected chi connectivity index (χ0v) is 13.0. The topological polar surface area (TPSA) is 42.0 Å². The summed E-state index contributed by atoms with van der Waals surface area (Å²) in [5.74, 6) is 0.695. The van der Waals surface area contributed by atoms with Gasteiger partial charge in [0.15, 0.2) is 0 Å². The number of amides is 1. The molecule has 3 aliphatic heterocycles. The number of pyridine rings is 1. The molecule has 22 heavy (non-hydrogen) atoms. The zero-order valence-electron chi connectivity index (χ0n) is 13.0. The predicted octanol–water partition coefficient (Wildman–Crippen LogP) is 2.20. The van der Waals surface area contributed by atoms with Crippen LogP contribution in [0.15, 0.2) is 36.5 Å². The molecule has 2 bridgehead atoms. The van der Waals surface area contributed by atoms with E-state index in [9.17, 15) is 4.79 Å². The minimum atomic E-state index is 0.0397. The quantitative estimate of drug-likeness (QED) is 0.863. The van der Waals surface area contributed by atoms with E-state index in [4.69, 9.17) is 0 Å². The number of carbonyl (C=O) groups excluding carboxylic acids is 1. The van der Waals surface area contributed by atoms with E-state index >= 15 is 0 Å². The number of fused-ring (bicyclic) bond motifs is 4. The smallest absolute Gasteiger partial charge is 0.251 e. The lowest BCUT2D eigenvalue weighted by Gasteiger charge is -2.50. The van der Waals surface area contributed by atoms with Gasteiger partial charge in [0.25, 0.3) is 5.91 Å². The minimum Gasteiger partial charge on any atom is -0.343 e. The van der Waals surface area contributed by atoms with E-state index in [1.807, 2.05) is 30.3 Å². The van der Waals surface area contributed by atoms with E-state index in [-0.39, 0.29) is 5.91 Å². The van der Waals surface area contributed by atoms with Crippen molar-refractivity contribution in [2.45, 2.75) is 18.9 Å². The second-order valence-electron chi connectivity index (χ2n) is 7.08. The van der Waals surface area contributed by atoms with Gasteiger partial charge in [-0.2, -0.15) is 0 Å². The molecule has 1 unspecified atom stereocenters. The number of carbonyl (C=O) groups is 1. The summed E-state index contributed by atoms with van der Waals surface area (Å²) >= 11 is 0. The number of piperidine rings is 3. The number of likely N-dealkylation sites (N-methyl/N-ethyl adjacent to an activating group) is 1. The molecule has 1 atom stereocenters. The van der Waals surface area contributed by atoms with Crippen LogP contribution in [0.4, 0.5) is 0 Å². The van der Waals surface area contributed by atoms with Gasteiger partial charge in [-0.25, -0.2) is 0 Å². The molecule has 1 N–H and O–H groups in total. The Morgan fingerprint density at radius 1 is 1.27 bits per heavy atom. The van der Waals surface area contributed by atoms with Crippen molar-refractivity contribution in [2.75, 3.05) is 26.7 Å². The van der Waals surface area contributed by atoms with E-state index in [0.717, 1.165) is 21.9 Å². The van der Waals surface area contributed by atoms with E-state index < -0.39 is 0 Å². The average molecular weight is 296 g/mol. The molecule has 0 aliphatic carbocycles.